The molecule has 1 aliphatic heterocycles. The van der Waals surface area contributed by atoms with Gasteiger partial charge in [-0.3, -0.25) is 5.43 Å². The van der Waals surface area contributed by atoms with Crippen molar-refractivity contribution in [1.82, 2.24) is 5.43 Å². The van der Waals surface area contributed by atoms with Crippen molar-refractivity contribution in [3.8, 4) is 22.8 Å². The second kappa shape index (κ2) is 5.22. The van der Waals surface area contributed by atoms with Crippen molar-refractivity contribution in [2.75, 3.05) is 6.79 Å². The molecule has 1 aromatic carbocycles. The van der Waals surface area contributed by atoms with Crippen LogP contribution >= 0.6 is 12.2 Å². The number of nitrogens with two attached hydrogens (primary N) is 1. The molecule has 0 aliphatic carbocycles. The number of benzene rings is 1. The lowest BCUT2D eigenvalue weighted by atomic mass is 10.1. The topological polar surface area (TPSA) is 82.0 Å². The highest BCUT2D eigenvalue weighted by atomic mass is 32.1. The number of nitrogens with one attached hydrogen (secondary N) is 1. The van der Waals surface area contributed by atoms with E-state index in [1.165, 1.54) is 6.21 Å². The summed E-state index contributed by atoms with van der Waals surface area (Å²) in [7, 11) is 0. The Morgan fingerprint density at radius 2 is 2.10 bits per heavy atom. The van der Waals surface area contributed by atoms with Crippen LogP contribution < -0.4 is 20.6 Å². The molecule has 0 spiro atoms. The standard InChI is InChI=1S/C13H11N3O3S/c14-13(20)16-15-6-9-2-4-10(19-9)8-1-3-11-12(5-8)18-7-17-11/h1-6H,7H2,(H3,14,16,20). The fourth-order valence-corrected chi connectivity index (χ4v) is 1.84. The van der Waals surface area contributed by atoms with E-state index < -0.39 is 0 Å². The van der Waals surface area contributed by atoms with E-state index in [4.69, 9.17) is 19.6 Å². The van der Waals surface area contributed by atoms with Gasteiger partial charge in [0.05, 0.1) is 6.21 Å². The summed E-state index contributed by atoms with van der Waals surface area (Å²) in [5, 5.41) is 3.93. The van der Waals surface area contributed by atoms with Crippen LogP contribution in [0.15, 0.2) is 39.9 Å². The minimum absolute atomic E-state index is 0.101. The number of hydrogen-bond acceptors (Lipinski definition) is 5. The summed E-state index contributed by atoms with van der Waals surface area (Å²) in [6.45, 7) is 0.250. The molecule has 0 atom stereocenters. The van der Waals surface area contributed by atoms with E-state index in [9.17, 15) is 0 Å². The normalized spacial score (nSPS) is 12.8. The van der Waals surface area contributed by atoms with Gasteiger partial charge in [0.2, 0.25) is 6.79 Å². The van der Waals surface area contributed by atoms with E-state index in [1.807, 2.05) is 24.3 Å². The van der Waals surface area contributed by atoms with Crippen LogP contribution in [0, 0.1) is 0 Å². The summed E-state index contributed by atoms with van der Waals surface area (Å²) >= 11 is 4.64. The molecule has 102 valence electrons. The predicted octanol–water partition coefficient (Wildman–Crippen LogP) is 1.84. The number of thiocarbonyl (C=S) groups is 1. The van der Waals surface area contributed by atoms with Gasteiger partial charge < -0.3 is 19.6 Å². The molecule has 0 fully saturated rings. The molecule has 1 aliphatic rings. The largest absolute Gasteiger partial charge is 0.455 e. The van der Waals surface area contributed by atoms with Gasteiger partial charge in [0, 0.05) is 5.56 Å². The molecule has 0 unspecified atom stereocenters. The van der Waals surface area contributed by atoms with Gasteiger partial charge in [0.1, 0.15) is 11.5 Å². The maximum Gasteiger partial charge on any atom is 0.231 e. The van der Waals surface area contributed by atoms with E-state index in [0.717, 1.165) is 11.3 Å². The summed E-state index contributed by atoms with van der Waals surface area (Å²) < 4.78 is 16.2. The highest BCUT2D eigenvalue weighted by Gasteiger charge is 2.15. The van der Waals surface area contributed by atoms with E-state index >= 15 is 0 Å². The molecule has 1 aromatic heterocycles. The Morgan fingerprint density at radius 3 is 2.95 bits per heavy atom. The fourth-order valence-electron chi connectivity index (χ4n) is 1.79. The van der Waals surface area contributed by atoms with E-state index in [1.54, 1.807) is 6.07 Å². The molecule has 20 heavy (non-hydrogen) atoms. The van der Waals surface area contributed by atoms with Gasteiger partial charge in [-0.15, -0.1) is 0 Å². The van der Waals surface area contributed by atoms with Crippen LogP contribution in [0.3, 0.4) is 0 Å². The number of rotatable bonds is 3. The van der Waals surface area contributed by atoms with Crippen molar-refractivity contribution in [3.05, 3.63) is 36.1 Å². The molecular formula is C13H11N3O3S. The first kappa shape index (κ1) is 12.5. The zero-order valence-corrected chi connectivity index (χ0v) is 11.1. The molecule has 3 rings (SSSR count). The van der Waals surface area contributed by atoms with Crippen molar-refractivity contribution in [2.24, 2.45) is 10.8 Å². The van der Waals surface area contributed by atoms with Gasteiger partial charge in [-0.05, 0) is 42.5 Å². The summed E-state index contributed by atoms with van der Waals surface area (Å²) in [4.78, 5) is 0. The molecule has 0 amide bonds. The first-order valence-corrected chi connectivity index (χ1v) is 6.21. The fraction of sp³-hybridized carbons (Fsp3) is 0.0769. The predicted molar refractivity (Wildman–Crippen MR) is 77.8 cm³/mol. The van der Waals surface area contributed by atoms with Crippen LogP contribution in [-0.4, -0.2) is 18.1 Å². The average molecular weight is 289 g/mol. The first-order valence-electron chi connectivity index (χ1n) is 5.81. The van der Waals surface area contributed by atoms with Crippen LogP contribution in [0.2, 0.25) is 0 Å². The second-order valence-electron chi connectivity index (χ2n) is 4.00. The average Bonchev–Trinajstić information content (AvgIpc) is 3.05. The number of hydrazone groups is 1. The van der Waals surface area contributed by atoms with Crippen LogP contribution in [0.5, 0.6) is 11.5 Å². The lowest BCUT2D eigenvalue weighted by Gasteiger charge is -1.99. The number of fused-ring (bicyclic) bond motifs is 1. The maximum atomic E-state index is 5.64. The molecule has 2 aromatic rings. The van der Waals surface area contributed by atoms with Gasteiger partial charge in [-0.25, -0.2) is 0 Å². The highest BCUT2D eigenvalue weighted by Crippen LogP contribution is 2.36. The van der Waals surface area contributed by atoms with E-state index in [2.05, 4.69) is 22.7 Å². The van der Waals surface area contributed by atoms with Crippen LogP contribution in [0.4, 0.5) is 0 Å². The third-order valence-electron chi connectivity index (χ3n) is 2.65. The van der Waals surface area contributed by atoms with Crippen molar-refractivity contribution in [2.45, 2.75) is 0 Å². The molecule has 0 radical (unpaired) electrons. The Morgan fingerprint density at radius 1 is 1.25 bits per heavy atom. The van der Waals surface area contributed by atoms with Gasteiger partial charge in [-0.1, -0.05) is 0 Å². The van der Waals surface area contributed by atoms with Gasteiger partial charge >= 0.3 is 0 Å². The quantitative estimate of drug-likeness (QED) is 0.510. The minimum atomic E-state index is 0.101. The molecule has 7 heteroatoms. The Kier molecular flexibility index (Phi) is 3.26. The number of nitrogens with zero attached hydrogens (tertiary/aromatic N) is 1. The van der Waals surface area contributed by atoms with E-state index in [-0.39, 0.29) is 11.9 Å². The zero-order valence-electron chi connectivity index (χ0n) is 10.3. The third-order valence-corrected chi connectivity index (χ3v) is 2.74. The monoisotopic (exact) mass is 289 g/mol. The summed E-state index contributed by atoms with van der Waals surface area (Å²) in [6.07, 6.45) is 1.50. The van der Waals surface area contributed by atoms with Gasteiger partial charge in [0.25, 0.3) is 0 Å². The highest BCUT2D eigenvalue weighted by molar-refractivity contribution is 7.80. The molecular weight excluding hydrogens is 278 g/mol. The SMILES string of the molecule is NC(=S)NN=Cc1ccc(-c2ccc3c(c2)OCO3)o1. The van der Waals surface area contributed by atoms with Crippen LogP contribution in [0.1, 0.15) is 5.76 Å². The van der Waals surface area contributed by atoms with Crippen LogP contribution in [-0.2, 0) is 0 Å². The first-order chi connectivity index (χ1) is 9.72. The second-order valence-corrected chi connectivity index (χ2v) is 4.44. The van der Waals surface area contributed by atoms with Crippen LogP contribution in [0.25, 0.3) is 11.3 Å². The van der Waals surface area contributed by atoms with Crippen molar-refractivity contribution in [3.63, 3.8) is 0 Å². The van der Waals surface area contributed by atoms with Crippen molar-refractivity contribution >= 4 is 23.5 Å². The van der Waals surface area contributed by atoms with Crippen molar-refractivity contribution < 1.29 is 13.9 Å². The molecule has 6 nitrogen and oxygen atoms in total. The minimum Gasteiger partial charge on any atom is -0.455 e. The van der Waals surface area contributed by atoms with Crippen molar-refractivity contribution in [1.29, 1.82) is 0 Å². The number of ether oxygens (including phenoxy) is 2. The Labute approximate surface area is 120 Å². The number of furan rings is 1. The number of hydrogen-bond donors (Lipinski definition) is 2. The van der Waals surface area contributed by atoms with E-state index in [0.29, 0.717) is 17.3 Å². The maximum absolute atomic E-state index is 5.64. The third kappa shape index (κ3) is 2.57. The summed E-state index contributed by atoms with van der Waals surface area (Å²) in [5.74, 6) is 2.74. The summed E-state index contributed by atoms with van der Waals surface area (Å²) in [5.41, 5.74) is 8.61. The smallest absolute Gasteiger partial charge is 0.231 e. The molecule has 0 saturated heterocycles. The zero-order chi connectivity index (χ0) is 13.9. The summed E-state index contributed by atoms with van der Waals surface area (Å²) in [6, 6.07) is 9.27. The molecule has 0 bridgehead atoms. The Bertz CT molecular complexity index is 681. The molecule has 2 heterocycles. The Balaban J connectivity index is 1.79. The van der Waals surface area contributed by atoms with Gasteiger partial charge in [-0.2, -0.15) is 5.10 Å². The Hall–Kier alpha value is -2.54. The lowest BCUT2D eigenvalue weighted by molar-refractivity contribution is 0.174. The molecule has 0 saturated carbocycles. The lowest BCUT2D eigenvalue weighted by Crippen LogP contribution is -2.23. The molecule has 3 N–H and O–H groups in total. The van der Waals surface area contributed by atoms with Gasteiger partial charge in [0.15, 0.2) is 16.6 Å².